The Morgan fingerprint density at radius 1 is 1.10 bits per heavy atom. The van der Waals surface area contributed by atoms with Crippen LogP contribution >= 0.6 is 0 Å². The maximum atomic E-state index is 12.8. The molecule has 29 heavy (non-hydrogen) atoms. The molecule has 156 valence electrons. The molecule has 1 amide bonds. The number of fused-ring (bicyclic) bond motifs is 1. The fourth-order valence-electron chi connectivity index (χ4n) is 3.01. The fraction of sp³-hybridized carbons (Fsp3) is 0.381. The molecule has 0 unspecified atom stereocenters. The molecule has 0 spiro atoms. The monoisotopic (exact) mass is 409 g/mol. The number of hydrogen-bond donors (Lipinski definition) is 1. The van der Waals surface area contributed by atoms with Crippen molar-refractivity contribution >= 4 is 5.91 Å². The van der Waals surface area contributed by atoms with Crippen LogP contribution in [0.4, 0.5) is 13.2 Å². The third kappa shape index (κ3) is 5.34. The van der Waals surface area contributed by atoms with Gasteiger partial charge in [0.2, 0.25) is 0 Å². The van der Waals surface area contributed by atoms with Gasteiger partial charge in [0.1, 0.15) is 19.0 Å². The molecule has 0 fully saturated rings. The number of amides is 1. The summed E-state index contributed by atoms with van der Waals surface area (Å²) in [6, 6.07) is 9.59. The third-order valence-electron chi connectivity index (χ3n) is 4.44. The van der Waals surface area contributed by atoms with E-state index in [0.717, 1.165) is 17.7 Å². The number of carbonyl (C=O) groups excluding carboxylic acids is 1. The molecule has 1 N–H and O–H groups in total. The Labute approximate surface area is 166 Å². The second kappa shape index (κ2) is 8.63. The minimum absolute atomic E-state index is 0.0181. The molecular formula is C21H22F3NO4. The lowest BCUT2D eigenvalue weighted by Crippen LogP contribution is -2.35. The molecule has 2 aromatic carbocycles. The van der Waals surface area contributed by atoms with Gasteiger partial charge in [-0.25, -0.2) is 0 Å². The normalized spacial score (nSPS) is 14.4. The van der Waals surface area contributed by atoms with Crippen LogP contribution in [0.1, 0.15) is 31.0 Å². The molecule has 2 aromatic rings. The van der Waals surface area contributed by atoms with E-state index in [9.17, 15) is 18.0 Å². The molecule has 0 aromatic heterocycles. The van der Waals surface area contributed by atoms with Crippen LogP contribution in [0, 0.1) is 5.92 Å². The molecule has 0 saturated carbocycles. The lowest BCUT2D eigenvalue weighted by molar-refractivity contribution is -0.137. The molecule has 8 heteroatoms. The number of hydrogen-bond acceptors (Lipinski definition) is 4. The molecule has 0 bridgehead atoms. The Bertz CT molecular complexity index is 867. The Hall–Kier alpha value is -2.90. The smallest absolute Gasteiger partial charge is 0.416 e. The maximum Gasteiger partial charge on any atom is 0.416 e. The quantitative estimate of drug-likeness (QED) is 0.770. The number of alkyl halides is 3. The predicted octanol–water partition coefficient (Wildman–Crippen LogP) is 4.37. The molecule has 0 aliphatic carbocycles. The van der Waals surface area contributed by atoms with Crippen LogP contribution in [0.5, 0.6) is 17.2 Å². The van der Waals surface area contributed by atoms with Crippen molar-refractivity contribution in [2.45, 2.75) is 26.1 Å². The van der Waals surface area contributed by atoms with E-state index in [1.807, 2.05) is 26.0 Å². The molecule has 0 radical (unpaired) electrons. The third-order valence-corrected chi connectivity index (χ3v) is 4.44. The molecule has 0 saturated heterocycles. The van der Waals surface area contributed by atoms with E-state index in [-0.39, 0.29) is 17.7 Å². The van der Waals surface area contributed by atoms with Crippen molar-refractivity contribution in [3.8, 4) is 17.2 Å². The number of rotatable bonds is 6. The van der Waals surface area contributed by atoms with Gasteiger partial charge in [0.25, 0.3) is 5.91 Å². The van der Waals surface area contributed by atoms with Gasteiger partial charge in [-0.3, -0.25) is 4.79 Å². The van der Waals surface area contributed by atoms with Gasteiger partial charge < -0.3 is 19.5 Å². The van der Waals surface area contributed by atoms with E-state index in [0.29, 0.717) is 24.7 Å². The van der Waals surface area contributed by atoms with E-state index in [4.69, 9.17) is 14.2 Å². The van der Waals surface area contributed by atoms with Crippen LogP contribution in [-0.2, 0) is 11.0 Å². The summed E-state index contributed by atoms with van der Waals surface area (Å²) in [6.07, 6.45) is -4.47. The summed E-state index contributed by atoms with van der Waals surface area (Å²) < 4.78 is 54.7. The Morgan fingerprint density at radius 3 is 2.52 bits per heavy atom. The van der Waals surface area contributed by atoms with Gasteiger partial charge in [-0.15, -0.1) is 0 Å². The van der Waals surface area contributed by atoms with Crippen LogP contribution in [0.2, 0.25) is 0 Å². The Morgan fingerprint density at radius 2 is 1.83 bits per heavy atom. The van der Waals surface area contributed by atoms with Crippen molar-refractivity contribution in [1.82, 2.24) is 5.32 Å². The van der Waals surface area contributed by atoms with Gasteiger partial charge >= 0.3 is 6.18 Å². The molecule has 3 rings (SSSR count). The molecule has 5 nitrogen and oxygen atoms in total. The SMILES string of the molecule is CC(C)[C@@H](NC(=O)COc1cccc(C(F)(F)F)c1)c1ccc2c(c1)OCCO2. The largest absolute Gasteiger partial charge is 0.486 e. The van der Waals surface area contributed by atoms with Crippen LogP contribution in [0.3, 0.4) is 0 Å². The predicted molar refractivity (Wildman–Crippen MR) is 100 cm³/mol. The first-order valence-corrected chi connectivity index (χ1v) is 9.23. The zero-order valence-corrected chi connectivity index (χ0v) is 16.1. The fourth-order valence-corrected chi connectivity index (χ4v) is 3.01. The van der Waals surface area contributed by atoms with Gasteiger partial charge in [0, 0.05) is 0 Å². The lowest BCUT2D eigenvalue weighted by Gasteiger charge is -2.25. The van der Waals surface area contributed by atoms with E-state index >= 15 is 0 Å². The van der Waals surface area contributed by atoms with Gasteiger partial charge in [-0.2, -0.15) is 13.2 Å². The molecule has 1 heterocycles. The van der Waals surface area contributed by atoms with Crippen LogP contribution < -0.4 is 19.5 Å². The van der Waals surface area contributed by atoms with Crippen LogP contribution in [0.25, 0.3) is 0 Å². The lowest BCUT2D eigenvalue weighted by atomic mass is 9.95. The van der Waals surface area contributed by atoms with Crippen molar-refractivity contribution in [1.29, 1.82) is 0 Å². The highest BCUT2D eigenvalue weighted by Gasteiger charge is 2.30. The molecular weight excluding hydrogens is 387 g/mol. The summed E-state index contributed by atoms with van der Waals surface area (Å²) in [4.78, 5) is 12.4. The summed E-state index contributed by atoms with van der Waals surface area (Å²) in [6.45, 7) is 4.46. The summed E-state index contributed by atoms with van der Waals surface area (Å²) >= 11 is 0. The minimum Gasteiger partial charge on any atom is -0.486 e. The van der Waals surface area contributed by atoms with E-state index in [1.54, 1.807) is 6.07 Å². The highest BCUT2D eigenvalue weighted by molar-refractivity contribution is 5.78. The first-order valence-electron chi connectivity index (χ1n) is 9.23. The summed E-state index contributed by atoms with van der Waals surface area (Å²) in [5.41, 5.74) is 0.0170. The van der Waals surface area contributed by atoms with Gasteiger partial charge in [-0.1, -0.05) is 26.0 Å². The zero-order valence-electron chi connectivity index (χ0n) is 16.1. The average Bonchev–Trinajstić information content (AvgIpc) is 2.69. The van der Waals surface area contributed by atoms with Gasteiger partial charge in [0.05, 0.1) is 11.6 Å². The van der Waals surface area contributed by atoms with Gasteiger partial charge in [0.15, 0.2) is 18.1 Å². The highest BCUT2D eigenvalue weighted by atomic mass is 19.4. The summed E-state index contributed by atoms with van der Waals surface area (Å²) in [5.74, 6) is 0.886. The maximum absolute atomic E-state index is 12.8. The number of ether oxygens (including phenoxy) is 3. The summed E-state index contributed by atoms with van der Waals surface area (Å²) in [5, 5.41) is 2.87. The first-order chi connectivity index (χ1) is 13.7. The van der Waals surface area contributed by atoms with Crippen molar-refractivity contribution in [3.63, 3.8) is 0 Å². The number of benzene rings is 2. The van der Waals surface area contributed by atoms with Crippen molar-refractivity contribution in [2.75, 3.05) is 19.8 Å². The van der Waals surface area contributed by atoms with Crippen molar-refractivity contribution in [2.24, 2.45) is 5.92 Å². The number of carbonyl (C=O) groups is 1. The first kappa shape index (κ1) is 20.8. The highest BCUT2D eigenvalue weighted by Crippen LogP contribution is 2.34. The minimum atomic E-state index is -4.47. The average molecular weight is 409 g/mol. The second-order valence-electron chi connectivity index (χ2n) is 7.01. The molecule has 1 aliphatic rings. The summed E-state index contributed by atoms with van der Waals surface area (Å²) in [7, 11) is 0. The number of halogens is 3. The Balaban J connectivity index is 1.65. The second-order valence-corrected chi connectivity index (χ2v) is 7.01. The zero-order chi connectivity index (χ0) is 21.0. The standard InChI is InChI=1S/C21H22F3NO4/c1-13(2)20(14-6-7-17-18(10-14)28-9-8-27-17)25-19(26)12-29-16-5-3-4-15(11-16)21(22,23)24/h3-7,10-11,13,20H,8-9,12H2,1-2H3,(H,25,26)/t20-/m1/s1. The van der Waals surface area contributed by atoms with E-state index in [2.05, 4.69) is 5.32 Å². The molecule has 1 atom stereocenters. The Kier molecular flexibility index (Phi) is 6.20. The van der Waals surface area contributed by atoms with Gasteiger partial charge in [-0.05, 0) is 41.8 Å². The van der Waals surface area contributed by atoms with Crippen LogP contribution in [-0.4, -0.2) is 25.7 Å². The topological polar surface area (TPSA) is 56.8 Å². The van der Waals surface area contributed by atoms with Crippen LogP contribution in [0.15, 0.2) is 42.5 Å². The molecule has 1 aliphatic heterocycles. The van der Waals surface area contributed by atoms with Crippen molar-refractivity contribution in [3.05, 3.63) is 53.6 Å². The number of nitrogens with one attached hydrogen (secondary N) is 1. The van der Waals surface area contributed by atoms with Crippen molar-refractivity contribution < 1.29 is 32.2 Å². The van der Waals surface area contributed by atoms with E-state index in [1.165, 1.54) is 12.1 Å². The van der Waals surface area contributed by atoms with E-state index < -0.39 is 24.3 Å².